The Morgan fingerprint density at radius 2 is 2.22 bits per heavy atom. The van der Waals surface area contributed by atoms with Gasteiger partial charge < -0.3 is 11.1 Å². The molecule has 1 atom stereocenters. The van der Waals surface area contributed by atoms with E-state index in [0.717, 1.165) is 24.9 Å². The van der Waals surface area contributed by atoms with Crippen molar-refractivity contribution in [3.8, 4) is 0 Å². The molecule has 0 saturated carbocycles. The summed E-state index contributed by atoms with van der Waals surface area (Å²) in [6.07, 6.45) is 2.65. The molecular weight excluding hydrogens is 224 g/mol. The quantitative estimate of drug-likeness (QED) is 0.858. The molecule has 0 aromatic heterocycles. The van der Waals surface area contributed by atoms with E-state index >= 15 is 0 Å². The van der Waals surface area contributed by atoms with Crippen molar-refractivity contribution < 1.29 is 4.79 Å². The van der Waals surface area contributed by atoms with Crippen molar-refractivity contribution in [1.29, 1.82) is 0 Å². The average molecular weight is 246 g/mol. The van der Waals surface area contributed by atoms with Crippen LogP contribution in [0.5, 0.6) is 0 Å². The normalized spacial score (nSPS) is 18.7. The van der Waals surface area contributed by atoms with Gasteiger partial charge >= 0.3 is 0 Å². The third-order valence-electron chi connectivity index (χ3n) is 3.65. The van der Waals surface area contributed by atoms with Crippen LogP contribution in [0, 0.1) is 5.92 Å². The molecule has 1 heterocycles. The monoisotopic (exact) mass is 246 g/mol. The lowest BCUT2D eigenvalue weighted by molar-refractivity contribution is -0.120. The first-order valence-corrected chi connectivity index (χ1v) is 6.76. The molecule has 1 aliphatic rings. The van der Waals surface area contributed by atoms with Crippen LogP contribution in [-0.2, 0) is 11.2 Å². The Kier molecular flexibility index (Phi) is 4.02. The van der Waals surface area contributed by atoms with Gasteiger partial charge in [0.15, 0.2) is 0 Å². The number of carbonyl (C=O) groups is 1. The first-order chi connectivity index (χ1) is 8.63. The van der Waals surface area contributed by atoms with Gasteiger partial charge in [0.1, 0.15) is 0 Å². The van der Waals surface area contributed by atoms with Crippen LogP contribution in [0.3, 0.4) is 0 Å². The summed E-state index contributed by atoms with van der Waals surface area (Å²) in [5.41, 5.74) is 9.06. The predicted octanol–water partition coefficient (Wildman–Crippen LogP) is 2.66. The third kappa shape index (κ3) is 2.56. The number of fused-ring (bicyclic) bond motifs is 1. The lowest BCUT2D eigenvalue weighted by Gasteiger charge is -2.27. The molecule has 3 nitrogen and oxygen atoms in total. The van der Waals surface area contributed by atoms with E-state index in [1.54, 1.807) is 0 Å². The SMILES string of the molecule is CC(C)c1cccc2c1NC(=O)C(CCCN)C2. The molecule has 0 aliphatic carbocycles. The average Bonchev–Trinajstić information content (AvgIpc) is 2.35. The lowest BCUT2D eigenvalue weighted by Crippen LogP contribution is -2.31. The number of anilines is 1. The van der Waals surface area contributed by atoms with Gasteiger partial charge in [-0.25, -0.2) is 0 Å². The molecule has 0 radical (unpaired) electrons. The highest BCUT2D eigenvalue weighted by Gasteiger charge is 2.27. The molecule has 0 saturated heterocycles. The van der Waals surface area contributed by atoms with E-state index < -0.39 is 0 Å². The molecule has 98 valence electrons. The first kappa shape index (κ1) is 13.1. The fraction of sp³-hybridized carbons (Fsp3) is 0.533. The second kappa shape index (κ2) is 5.53. The molecule has 0 fully saturated rings. The van der Waals surface area contributed by atoms with Gasteiger partial charge in [-0.3, -0.25) is 4.79 Å². The maximum absolute atomic E-state index is 12.1. The number of nitrogens with one attached hydrogen (secondary N) is 1. The largest absolute Gasteiger partial charge is 0.330 e. The Labute approximate surface area is 109 Å². The van der Waals surface area contributed by atoms with E-state index in [4.69, 9.17) is 5.73 Å². The fourth-order valence-corrected chi connectivity index (χ4v) is 2.60. The maximum Gasteiger partial charge on any atom is 0.227 e. The number of nitrogens with two attached hydrogens (primary N) is 1. The summed E-state index contributed by atoms with van der Waals surface area (Å²) in [7, 11) is 0. The van der Waals surface area contributed by atoms with Crippen molar-refractivity contribution >= 4 is 11.6 Å². The number of carbonyl (C=O) groups excluding carboxylic acids is 1. The molecule has 3 N–H and O–H groups in total. The zero-order valence-electron chi connectivity index (χ0n) is 11.2. The van der Waals surface area contributed by atoms with E-state index in [9.17, 15) is 4.79 Å². The summed E-state index contributed by atoms with van der Waals surface area (Å²) in [4.78, 5) is 12.1. The van der Waals surface area contributed by atoms with Gasteiger partial charge in [-0.2, -0.15) is 0 Å². The van der Waals surface area contributed by atoms with Crippen LogP contribution in [0.2, 0.25) is 0 Å². The standard InChI is InChI=1S/C15H22N2O/c1-10(2)13-7-3-5-11-9-12(6-4-8-16)15(18)17-14(11)13/h3,5,7,10,12H,4,6,8-9,16H2,1-2H3,(H,17,18). The molecule has 1 aromatic carbocycles. The van der Waals surface area contributed by atoms with Crippen LogP contribution in [-0.4, -0.2) is 12.5 Å². The maximum atomic E-state index is 12.1. The van der Waals surface area contributed by atoms with Crippen molar-refractivity contribution in [1.82, 2.24) is 0 Å². The molecule has 18 heavy (non-hydrogen) atoms. The number of hydrogen-bond donors (Lipinski definition) is 2. The molecule has 0 spiro atoms. The van der Waals surface area contributed by atoms with Gasteiger partial charge in [0.25, 0.3) is 0 Å². The Balaban J connectivity index is 2.25. The third-order valence-corrected chi connectivity index (χ3v) is 3.65. The van der Waals surface area contributed by atoms with Gasteiger partial charge in [-0.1, -0.05) is 32.0 Å². The highest BCUT2D eigenvalue weighted by Crippen LogP contribution is 2.34. The second-order valence-corrected chi connectivity index (χ2v) is 5.36. The first-order valence-electron chi connectivity index (χ1n) is 6.76. The topological polar surface area (TPSA) is 55.1 Å². The van der Waals surface area contributed by atoms with Crippen molar-refractivity contribution in [2.75, 3.05) is 11.9 Å². The Bertz CT molecular complexity index is 440. The number of para-hydroxylation sites is 1. The summed E-state index contributed by atoms with van der Waals surface area (Å²) < 4.78 is 0. The summed E-state index contributed by atoms with van der Waals surface area (Å²) in [5, 5.41) is 3.09. The molecule has 1 unspecified atom stereocenters. The minimum atomic E-state index is 0.0865. The van der Waals surface area contributed by atoms with Crippen LogP contribution in [0.4, 0.5) is 5.69 Å². The van der Waals surface area contributed by atoms with Crippen LogP contribution in [0.25, 0.3) is 0 Å². The smallest absolute Gasteiger partial charge is 0.227 e. The van der Waals surface area contributed by atoms with Crippen LogP contribution >= 0.6 is 0 Å². The molecule has 1 aromatic rings. The summed E-state index contributed by atoms with van der Waals surface area (Å²) in [6.45, 7) is 4.97. The van der Waals surface area contributed by atoms with Gasteiger partial charge in [0, 0.05) is 11.6 Å². The minimum absolute atomic E-state index is 0.0865. The molecule has 2 rings (SSSR count). The van der Waals surface area contributed by atoms with Crippen molar-refractivity contribution in [2.45, 2.75) is 39.0 Å². The van der Waals surface area contributed by atoms with Crippen LogP contribution in [0.15, 0.2) is 18.2 Å². The van der Waals surface area contributed by atoms with Crippen molar-refractivity contribution in [3.05, 3.63) is 29.3 Å². The minimum Gasteiger partial charge on any atom is -0.330 e. The zero-order chi connectivity index (χ0) is 13.1. The predicted molar refractivity (Wildman–Crippen MR) is 74.6 cm³/mol. The molecule has 1 amide bonds. The van der Waals surface area contributed by atoms with Crippen LogP contribution < -0.4 is 11.1 Å². The van der Waals surface area contributed by atoms with E-state index in [0.29, 0.717) is 12.5 Å². The zero-order valence-corrected chi connectivity index (χ0v) is 11.2. The summed E-state index contributed by atoms with van der Waals surface area (Å²) in [5.74, 6) is 0.674. The van der Waals surface area contributed by atoms with E-state index in [1.165, 1.54) is 11.1 Å². The number of rotatable bonds is 4. The molecular formula is C15H22N2O. The summed E-state index contributed by atoms with van der Waals surface area (Å²) in [6, 6.07) is 6.31. The number of benzene rings is 1. The molecule has 1 aliphatic heterocycles. The second-order valence-electron chi connectivity index (χ2n) is 5.36. The van der Waals surface area contributed by atoms with Crippen LogP contribution in [0.1, 0.15) is 43.7 Å². The molecule has 0 bridgehead atoms. The number of hydrogen-bond acceptors (Lipinski definition) is 2. The van der Waals surface area contributed by atoms with E-state index in [1.807, 2.05) is 0 Å². The van der Waals surface area contributed by atoms with Gasteiger partial charge in [0.05, 0.1) is 0 Å². The van der Waals surface area contributed by atoms with E-state index in [-0.39, 0.29) is 11.8 Å². The lowest BCUT2D eigenvalue weighted by atomic mass is 9.86. The van der Waals surface area contributed by atoms with Crippen molar-refractivity contribution in [3.63, 3.8) is 0 Å². The van der Waals surface area contributed by atoms with Gasteiger partial charge in [-0.05, 0) is 42.9 Å². The highest BCUT2D eigenvalue weighted by atomic mass is 16.1. The highest BCUT2D eigenvalue weighted by molar-refractivity contribution is 5.96. The van der Waals surface area contributed by atoms with Gasteiger partial charge in [0.2, 0.25) is 5.91 Å². The number of amides is 1. The van der Waals surface area contributed by atoms with E-state index in [2.05, 4.69) is 37.4 Å². The summed E-state index contributed by atoms with van der Waals surface area (Å²) >= 11 is 0. The molecule has 3 heteroatoms. The fourth-order valence-electron chi connectivity index (χ4n) is 2.60. The van der Waals surface area contributed by atoms with Crippen molar-refractivity contribution in [2.24, 2.45) is 11.7 Å². The van der Waals surface area contributed by atoms with Gasteiger partial charge in [-0.15, -0.1) is 0 Å². The Hall–Kier alpha value is -1.35. The Morgan fingerprint density at radius 3 is 2.89 bits per heavy atom. The Morgan fingerprint density at radius 1 is 1.44 bits per heavy atom.